The number of nitrogens with one attached hydrogen (secondary N) is 2. The second-order valence-electron chi connectivity index (χ2n) is 5.44. The SMILES string of the molecule is Cc1cnc(-c2ncc(CNC(C)(C)C)[nH]2)nc1. The fourth-order valence-electron chi connectivity index (χ4n) is 1.44. The van der Waals surface area contributed by atoms with Gasteiger partial charge in [0, 0.05) is 30.2 Å². The lowest BCUT2D eigenvalue weighted by atomic mass is 10.1. The lowest BCUT2D eigenvalue weighted by Crippen LogP contribution is -2.35. The van der Waals surface area contributed by atoms with Crippen LogP contribution in [0.5, 0.6) is 0 Å². The van der Waals surface area contributed by atoms with Gasteiger partial charge in [0.1, 0.15) is 0 Å². The average Bonchev–Trinajstić information content (AvgIpc) is 2.75. The third-order valence-electron chi connectivity index (χ3n) is 2.43. The molecule has 2 aromatic heterocycles. The highest BCUT2D eigenvalue weighted by atomic mass is 15.0. The van der Waals surface area contributed by atoms with Crippen molar-refractivity contribution < 1.29 is 0 Å². The Morgan fingerprint density at radius 2 is 1.78 bits per heavy atom. The number of rotatable bonds is 3. The molecule has 0 saturated heterocycles. The maximum absolute atomic E-state index is 4.30. The van der Waals surface area contributed by atoms with Gasteiger partial charge in [0.25, 0.3) is 0 Å². The summed E-state index contributed by atoms with van der Waals surface area (Å²) in [5.74, 6) is 1.34. The van der Waals surface area contributed by atoms with E-state index in [1.54, 1.807) is 12.4 Å². The van der Waals surface area contributed by atoms with Crippen LogP contribution >= 0.6 is 0 Å². The molecule has 0 amide bonds. The predicted octanol–water partition coefficient (Wildman–Crippen LogP) is 2.06. The highest BCUT2D eigenvalue weighted by Crippen LogP contribution is 2.10. The Kier molecular flexibility index (Phi) is 3.43. The number of aromatic nitrogens is 4. The smallest absolute Gasteiger partial charge is 0.195 e. The predicted molar refractivity (Wildman–Crippen MR) is 70.9 cm³/mol. The van der Waals surface area contributed by atoms with Crippen LogP contribution in [0.4, 0.5) is 0 Å². The lowest BCUT2D eigenvalue weighted by Gasteiger charge is -2.19. The molecule has 0 aliphatic rings. The zero-order valence-corrected chi connectivity index (χ0v) is 11.3. The molecule has 5 heteroatoms. The van der Waals surface area contributed by atoms with Gasteiger partial charge >= 0.3 is 0 Å². The van der Waals surface area contributed by atoms with Crippen LogP contribution in [0, 0.1) is 6.92 Å². The van der Waals surface area contributed by atoms with E-state index in [9.17, 15) is 0 Å². The van der Waals surface area contributed by atoms with Gasteiger partial charge in [-0.2, -0.15) is 0 Å². The minimum Gasteiger partial charge on any atom is -0.338 e. The molecular formula is C13H19N5. The van der Waals surface area contributed by atoms with E-state index in [0.29, 0.717) is 11.6 Å². The molecule has 0 fully saturated rings. The number of aromatic amines is 1. The van der Waals surface area contributed by atoms with E-state index in [0.717, 1.165) is 17.8 Å². The summed E-state index contributed by atoms with van der Waals surface area (Å²) < 4.78 is 0. The Balaban J connectivity index is 2.08. The van der Waals surface area contributed by atoms with Crippen molar-refractivity contribution in [1.29, 1.82) is 0 Å². The van der Waals surface area contributed by atoms with Crippen molar-refractivity contribution >= 4 is 0 Å². The summed E-state index contributed by atoms with van der Waals surface area (Å²) in [6.07, 6.45) is 5.40. The van der Waals surface area contributed by atoms with Crippen molar-refractivity contribution in [1.82, 2.24) is 25.3 Å². The molecule has 5 nitrogen and oxygen atoms in total. The first kappa shape index (κ1) is 12.7. The van der Waals surface area contributed by atoms with E-state index >= 15 is 0 Å². The van der Waals surface area contributed by atoms with E-state index in [2.05, 4.69) is 46.0 Å². The molecule has 0 aliphatic carbocycles. The van der Waals surface area contributed by atoms with Crippen LogP contribution in [-0.2, 0) is 6.54 Å². The largest absolute Gasteiger partial charge is 0.338 e. The van der Waals surface area contributed by atoms with Crippen LogP contribution in [0.3, 0.4) is 0 Å². The van der Waals surface area contributed by atoms with E-state index < -0.39 is 0 Å². The highest BCUT2D eigenvalue weighted by molar-refractivity contribution is 5.42. The molecule has 2 rings (SSSR count). The standard InChI is InChI=1S/C13H19N5/c1-9-5-14-11(15-6-9)12-16-7-10(18-12)8-17-13(2,3)4/h5-7,17H,8H2,1-4H3,(H,16,18). The number of hydrogen-bond acceptors (Lipinski definition) is 4. The first-order valence-corrected chi connectivity index (χ1v) is 6.02. The molecule has 0 bridgehead atoms. The summed E-state index contributed by atoms with van der Waals surface area (Å²) in [5.41, 5.74) is 2.16. The number of aryl methyl sites for hydroxylation is 1. The minimum absolute atomic E-state index is 0.0889. The molecule has 0 unspecified atom stereocenters. The van der Waals surface area contributed by atoms with Crippen LogP contribution in [0.2, 0.25) is 0 Å². The van der Waals surface area contributed by atoms with Gasteiger partial charge in [-0.25, -0.2) is 15.0 Å². The fourth-order valence-corrected chi connectivity index (χ4v) is 1.44. The van der Waals surface area contributed by atoms with Gasteiger partial charge < -0.3 is 10.3 Å². The Hall–Kier alpha value is -1.75. The highest BCUT2D eigenvalue weighted by Gasteiger charge is 2.10. The van der Waals surface area contributed by atoms with Crippen LogP contribution in [0.25, 0.3) is 11.6 Å². The molecule has 0 radical (unpaired) electrons. The Morgan fingerprint density at radius 3 is 2.39 bits per heavy atom. The maximum Gasteiger partial charge on any atom is 0.195 e. The van der Waals surface area contributed by atoms with Crippen LogP contribution in [0.15, 0.2) is 18.6 Å². The Morgan fingerprint density at radius 1 is 1.11 bits per heavy atom. The van der Waals surface area contributed by atoms with Crippen molar-refractivity contribution in [2.24, 2.45) is 0 Å². The summed E-state index contributed by atoms with van der Waals surface area (Å²) in [6.45, 7) is 9.11. The normalized spacial score (nSPS) is 11.8. The Bertz CT molecular complexity index is 507. The molecule has 0 aromatic carbocycles. The van der Waals surface area contributed by atoms with Crippen molar-refractivity contribution in [2.45, 2.75) is 39.8 Å². The summed E-state index contributed by atoms with van der Waals surface area (Å²) in [6, 6.07) is 0. The fraction of sp³-hybridized carbons (Fsp3) is 0.462. The van der Waals surface area contributed by atoms with Gasteiger partial charge in [-0.05, 0) is 33.3 Å². The first-order valence-electron chi connectivity index (χ1n) is 6.02. The summed E-state index contributed by atoms with van der Waals surface area (Å²) in [4.78, 5) is 16.0. The van der Waals surface area contributed by atoms with Gasteiger partial charge in [-0.15, -0.1) is 0 Å². The van der Waals surface area contributed by atoms with Crippen molar-refractivity contribution in [2.75, 3.05) is 0 Å². The molecule has 2 aromatic rings. The molecule has 96 valence electrons. The monoisotopic (exact) mass is 245 g/mol. The second-order valence-corrected chi connectivity index (χ2v) is 5.44. The van der Waals surface area contributed by atoms with Gasteiger partial charge in [-0.1, -0.05) is 0 Å². The van der Waals surface area contributed by atoms with Gasteiger partial charge in [0.05, 0.1) is 6.20 Å². The van der Waals surface area contributed by atoms with E-state index in [-0.39, 0.29) is 5.54 Å². The van der Waals surface area contributed by atoms with E-state index in [1.165, 1.54) is 0 Å². The van der Waals surface area contributed by atoms with Gasteiger partial charge in [0.15, 0.2) is 11.6 Å². The maximum atomic E-state index is 4.30. The molecule has 0 spiro atoms. The average molecular weight is 245 g/mol. The first-order chi connectivity index (χ1) is 8.44. The summed E-state index contributed by atoms with van der Waals surface area (Å²) in [5, 5.41) is 3.40. The minimum atomic E-state index is 0.0889. The quantitative estimate of drug-likeness (QED) is 0.868. The molecule has 2 N–H and O–H groups in total. The van der Waals surface area contributed by atoms with Crippen LogP contribution in [-0.4, -0.2) is 25.5 Å². The van der Waals surface area contributed by atoms with Crippen molar-refractivity contribution in [3.8, 4) is 11.6 Å². The topological polar surface area (TPSA) is 66.5 Å². The lowest BCUT2D eigenvalue weighted by molar-refractivity contribution is 0.422. The number of nitrogens with zero attached hydrogens (tertiary/aromatic N) is 3. The number of hydrogen-bond donors (Lipinski definition) is 2. The molecule has 0 atom stereocenters. The van der Waals surface area contributed by atoms with Gasteiger partial charge in [-0.3, -0.25) is 0 Å². The Labute approximate surface area is 107 Å². The van der Waals surface area contributed by atoms with Crippen molar-refractivity contribution in [3.05, 3.63) is 29.8 Å². The second kappa shape index (κ2) is 4.86. The summed E-state index contributed by atoms with van der Waals surface area (Å²) in [7, 11) is 0. The summed E-state index contributed by atoms with van der Waals surface area (Å²) >= 11 is 0. The zero-order valence-electron chi connectivity index (χ0n) is 11.3. The number of imidazole rings is 1. The molecule has 0 saturated carbocycles. The van der Waals surface area contributed by atoms with E-state index in [4.69, 9.17) is 0 Å². The third kappa shape index (κ3) is 3.37. The number of H-pyrrole nitrogens is 1. The van der Waals surface area contributed by atoms with Crippen LogP contribution in [0.1, 0.15) is 32.0 Å². The molecule has 18 heavy (non-hydrogen) atoms. The third-order valence-corrected chi connectivity index (χ3v) is 2.43. The van der Waals surface area contributed by atoms with E-state index in [1.807, 2.05) is 13.1 Å². The van der Waals surface area contributed by atoms with Gasteiger partial charge in [0.2, 0.25) is 0 Å². The molecule has 0 aliphatic heterocycles. The molecular weight excluding hydrogens is 226 g/mol. The van der Waals surface area contributed by atoms with Crippen LogP contribution < -0.4 is 5.32 Å². The molecule has 2 heterocycles. The zero-order chi connectivity index (χ0) is 13.2. The van der Waals surface area contributed by atoms with Crippen molar-refractivity contribution in [3.63, 3.8) is 0 Å².